The molecule has 14 heavy (non-hydrogen) atoms. The molecule has 0 aromatic heterocycles. The average Bonchev–Trinajstić information content (AvgIpc) is 2.54. The summed E-state index contributed by atoms with van der Waals surface area (Å²) in [5.41, 5.74) is 1.14. The highest BCUT2D eigenvalue weighted by molar-refractivity contribution is 5.82. The van der Waals surface area contributed by atoms with E-state index >= 15 is 0 Å². The summed E-state index contributed by atoms with van der Waals surface area (Å²) in [5.74, 6) is -1.26. The van der Waals surface area contributed by atoms with Crippen LogP contribution in [0.2, 0.25) is 0 Å². The number of hydrogen-bond acceptors (Lipinski definition) is 2. The molecule has 1 atom stereocenters. The van der Waals surface area contributed by atoms with E-state index in [4.69, 9.17) is 5.11 Å². The van der Waals surface area contributed by atoms with E-state index < -0.39 is 12.0 Å². The van der Waals surface area contributed by atoms with Crippen LogP contribution in [0.3, 0.4) is 0 Å². The Bertz CT molecular complexity index is 271. The molecule has 0 bridgehead atoms. The lowest BCUT2D eigenvalue weighted by molar-refractivity contribution is -0.141. The number of rotatable bonds is 4. The van der Waals surface area contributed by atoms with Crippen molar-refractivity contribution in [1.82, 2.24) is 5.32 Å². The first-order valence-corrected chi connectivity index (χ1v) is 4.77. The van der Waals surface area contributed by atoms with Gasteiger partial charge in [0.25, 0.3) is 0 Å². The Balaban J connectivity index is 2.50. The minimum absolute atomic E-state index is 0.295. The Kier molecular flexibility index (Phi) is 3.68. The summed E-state index contributed by atoms with van der Waals surface area (Å²) in [5, 5.41) is 11.3. The van der Waals surface area contributed by atoms with Gasteiger partial charge < -0.3 is 10.4 Å². The molecule has 0 heterocycles. The van der Waals surface area contributed by atoms with E-state index in [0.29, 0.717) is 6.42 Å². The van der Waals surface area contributed by atoms with Crippen LogP contribution < -0.4 is 5.32 Å². The van der Waals surface area contributed by atoms with Crippen LogP contribution >= 0.6 is 0 Å². The van der Waals surface area contributed by atoms with Crippen molar-refractivity contribution in [3.8, 4) is 0 Å². The van der Waals surface area contributed by atoms with Crippen LogP contribution in [0.5, 0.6) is 0 Å². The average molecular weight is 197 g/mol. The van der Waals surface area contributed by atoms with Crippen molar-refractivity contribution in [3.63, 3.8) is 0 Å². The van der Waals surface area contributed by atoms with E-state index in [1.165, 1.54) is 6.92 Å². The summed E-state index contributed by atoms with van der Waals surface area (Å²) < 4.78 is 0. The highest BCUT2D eigenvalue weighted by atomic mass is 16.4. The summed E-state index contributed by atoms with van der Waals surface area (Å²) in [6.45, 7) is 1.33. The summed E-state index contributed by atoms with van der Waals surface area (Å²) >= 11 is 0. The van der Waals surface area contributed by atoms with Crippen molar-refractivity contribution in [1.29, 1.82) is 0 Å². The fourth-order valence-corrected chi connectivity index (χ4v) is 1.63. The van der Waals surface area contributed by atoms with Crippen molar-refractivity contribution in [2.75, 3.05) is 0 Å². The smallest absolute Gasteiger partial charge is 0.326 e. The van der Waals surface area contributed by atoms with Crippen molar-refractivity contribution in [3.05, 3.63) is 11.6 Å². The fraction of sp³-hybridized carbons (Fsp3) is 0.600. The molecule has 0 aliphatic heterocycles. The molecule has 1 rings (SSSR count). The van der Waals surface area contributed by atoms with Gasteiger partial charge in [-0.05, 0) is 25.7 Å². The van der Waals surface area contributed by atoms with Crippen molar-refractivity contribution in [2.24, 2.45) is 0 Å². The molecule has 78 valence electrons. The topological polar surface area (TPSA) is 66.4 Å². The largest absolute Gasteiger partial charge is 0.480 e. The van der Waals surface area contributed by atoms with E-state index in [0.717, 1.165) is 24.8 Å². The molecule has 0 aromatic carbocycles. The van der Waals surface area contributed by atoms with Crippen molar-refractivity contribution >= 4 is 11.9 Å². The highest BCUT2D eigenvalue weighted by Gasteiger charge is 2.20. The third kappa shape index (κ3) is 3.20. The normalized spacial score (nSPS) is 17.4. The predicted octanol–water partition coefficient (Wildman–Crippen LogP) is 1.08. The van der Waals surface area contributed by atoms with Crippen LogP contribution in [-0.4, -0.2) is 23.0 Å². The van der Waals surface area contributed by atoms with Crippen LogP contribution in [0.4, 0.5) is 0 Å². The van der Waals surface area contributed by atoms with Crippen LogP contribution in [-0.2, 0) is 9.59 Å². The van der Waals surface area contributed by atoms with Gasteiger partial charge in [0.05, 0.1) is 0 Å². The Hall–Kier alpha value is -1.32. The van der Waals surface area contributed by atoms with E-state index in [9.17, 15) is 9.59 Å². The van der Waals surface area contributed by atoms with Gasteiger partial charge in [-0.2, -0.15) is 0 Å². The quantitative estimate of drug-likeness (QED) is 0.662. The van der Waals surface area contributed by atoms with Crippen LogP contribution in [0.1, 0.15) is 32.6 Å². The lowest BCUT2D eigenvalue weighted by atomic mass is 10.1. The maximum atomic E-state index is 10.8. The molecular formula is C10H15NO3. The van der Waals surface area contributed by atoms with Crippen molar-refractivity contribution in [2.45, 2.75) is 38.6 Å². The fourth-order valence-electron chi connectivity index (χ4n) is 1.63. The Morgan fingerprint density at radius 3 is 2.79 bits per heavy atom. The van der Waals surface area contributed by atoms with Gasteiger partial charge in [0, 0.05) is 6.92 Å². The number of nitrogens with one attached hydrogen (secondary N) is 1. The summed E-state index contributed by atoms with van der Waals surface area (Å²) in [6.07, 6.45) is 5.60. The Morgan fingerprint density at radius 2 is 2.36 bits per heavy atom. The van der Waals surface area contributed by atoms with Crippen LogP contribution in [0.15, 0.2) is 11.6 Å². The second-order valence-electron chi connectivity index (χ2n) is 3.55. The number of amides is 1. The van der Waals surface area contributed by atoms with E-state index in [2.05, 4.69) is 11.4 Å². The van der Waals surface area contributed by atoms with E-state index in [1.54, 1.807) is 0 Å². The van der Waals surface area contributed by atoms with Gasteiger partial charge in [0.1, 0.15) is 6.04 Å². The molecule has 0 spiro atoms. The van der Waals surface area contributed by atoms with E-state index in [1.807, 2.05) is 0 Å². The summed E-state index contributed by atoms with van der Waals surface area (Å²) in [4.78, 5) is 21.5. The summed E-state index contributed by atoms with van der Waals surface area (Å²) in [6, 6.07) is -0.767. The molecule has 2 N–H and O–H groups in total. The molecule has 0 saturated carbocycles. The number of carbonyl (C=O) groups is 2. The zero-order chi connectivity index (χ0) is 10.6. The lowest BCUT2D eigenvalue weighted by Crippen LogP contribution is -2.39. The Morgan fingerprint density at radius 1 is 1.64 bits per heavy atom. The summed E-state index contributed by atoms with van der Waals surface area (Å²) in [7, 11) is 0. The number of hydrogen-bond donors (Lipinski definition) is 2. The SMILES string of the molecule is CC(=O)N[C@@H](CC1=CCCC1)C(=O)O. The molecule has 0 radical (unpaired) electrons. The number of carboxylic acids is 1. The number of aliphatic carboxylic acids is 1. The zero-order valence-corrected chi connectivity index (χ0v) is 8.25. The zero-order valence-electron chi connectivity index (χ0n) is 8.25. The maximum absolute atomic E-state index is 10.8. The first-order valence-electron chi connectivity index (χ1n) is 4.77. The highest BCUT2D eigenvalue weighted by Crippen LogP contribution is 2.21. The number of allylic oxidation sites excluding steroid dienone is 1. The van der Waals surface area contributed by atoms with Gasteiger partial charge in [-0.1, -0.05) is 11.6 Å². The second kappa shape index (κ2) is 4.79. The predicted molar refractivity (Wildman–Crippen MR) is 51.8 cm³/mol. The van der Waals surface area contributed by atoms with Gasteiger partial charge in [0.2, 0.25) is 5.91 Å². The molecule has 0 saturated heterocycles. The molecule has 1 amide bonds. The van der Waals surface area contributed by atoms with Crippen LogP contribution in [0, 0.1) is 0 Å². The minimum atomic E-state index is -0.965. The molecule has 4 nitrogen and oxygen atoms in total. The number of carboxylic acid groups (broad SMARTS) is 1. The van der Waals surface area contributed by atoms with Crippen LogP contribution in [0.25, 0.3) is 0 Å². The molecule has 0 fully saturated rings. The molecule has 0 aromatic rings. The van der Waals surface area contributed by atoms with Gasteiger partial charge >= 0.3 is 5.97 Å². The monoisotopic (exact) mass is 197 g/mol. The standard InChI is InChI=1S/C10H15NO3/c1-7(12)11-9(10(13)14)6-8-4-2-3-5-8/h4,9H,2-3,5-6H2,1H3,(H,11,12)(H,13,14)/t9-/m0/s1. The first kappa shape index (κ1) is 10.8. The lowest BCUT2D eigenvalue weighted by Gasteiger charge is -2.13. The molecule has 0 unspecified atom stereocenters. The van der Waals surface area contributed by atoms with Gasteiger partial charge in [-0.25, -0.2) is 4.79 Å². The second-order valence-corrected chi connectivity index (χ2v) is 3.55. The van der Waals surface area contributed by atoms with Gasteiger partial charge in [0.15, 0.2) is 0 Å². The molecule has 1 aliphatic carbocycles. The maximum Gasteiger partial charge on any atom is 0.326 e. The van der Waals surface area contributed by atoms with E-state index in [-0.39, 0.29) is 5.91 Å². The Labute approximate surface area is 83.0 Å². The first-order chi connectivity index (χ1) is 6.59. The molecule has 4 heteroatoms. The molecular weight excluding hydrogens is 182 g/mol. The van der Waals surface area contributed by atoms with Gasteiger partial charge in [-0.3, -0.25) is 4.79 Å². The molecule has 1 aliphatic rings. The third-order valence-corrected chi connectivity index (χ3v) is 2.28. The minimum Gasteiger partial charge on any atom is -0.480 e. The third-order valence-electron chi connectivity index (χ3n) is 2.28. The number of carbonyl (C=O) groups excluding carboxylic acids is 1. The van der Waals surface area contributed by atoms with Gasteiger partial charge in [-0.15, -0.1) is 0 Å². The van der Waals surface area contributed by atoms with Crippen molar-refractivity contribution < 1.29 is 14.7 Å².